The number of rotatable bonds is 16. The van der Waals surface area contributed by atoms with Crippen molar-refractivity contribution >= 4 is 21.6 Å². The molecule has 0 bridgehead atoms. The Morgan fingerprint density at radius 3 is 2.35 bits per heavy atom. The van der Waals surface area contributed by atoms with Gasteiger partial charge in [0, 0.05) is 37.1 Å². The molecule has 2 N–H and O–H groups in total. The summed E-state index contributed by atoms with van der Waals surface area (Å²) in [5.74, 6) is 1.33. The molecule has 49 heavy (non-hydrogen) atoms. The fraction of sp³-hybridized carbons (Fsp3) is 0.297. The van der Waals surface area contributed by atoms with Gasteiger partial charge < -0.3 is 34.1 Å². The third-order valence-electron chi connectivity index (χ3n) is 8.20. The van der Waals surface area contributed by atoms with Crippen molar-refractivity contribution in [3.63, 3.8) is 0 Å². The van der Waals surface area contributed by atoms with Gasteiger partial charge in [-0.3, -0.25) is 4.79 Å². The van der Waals surface area contributed by atoms with E-state index < -0.39 is 27.4 Å². The first-order valence-corrected chi connectivity index (χ1v) is 17.4. The van der Waals surface area contributed by atoms with Gasteiger partial charge in [0.15, 0.2) is 33.0 Å². The Morgan fingerprint density at radius 1 is 0.898 bits per heavy atom. The number of ether oxygens (including phenoxy) is 5. The zero-order valence-corrected chi connectivity index (χ0v) is 28.4. The number of methoxy groups -OCH3 is 3. The number of aliphatic hydroxyl groups excluding tert-OH is 1. The van der Waals surface area contributed by atoms with E-state index in [1.807, 2.05) is 0 Å². The molecule has 5 rings (SSSR count). The van der Waals surface area contributed by atoms with Gasteiger partial charge in [0.05, 0.1) is 38.6 Å². The third kappa shape index (κ3) is 7.98. The van der Waals surface area contributed by atoms with Crippen LogP contribution in [-0.2, 0) is 25.9 Å². The fourth-order valence-electron chi connectivity index (χ4n) is 5.63. The molecule has 4 aromatic carbocycles. The Morgan fingerprint density at radius 2 is 1.65 bits per heavy atom. The van der Waals surface area contributed by atoms with E-state index in [2.05, 4.69) is 5.32 Å². The first-order chi connectivity index (χ1) is 23.7. The second-order valence-corrected chi connectivity index (χ2v) is 13.4. The predicted molar refractivity (Wildman–Crippen MR) is 184 cm³/mol. The van der Waals surface area contributed by atoms with Crippen molar-refractivity contribution in [3.05, 3.63) is 114 Å². The van der Waals surface area contributed by atoms with Crippen LogP contribution in [0.15, 0.2) is 107 Å². The SMILES string of the molecule is COc1cccc([C@H]2OC(c3ccc(OCCCO)cc3)=N[C@@]2(CCS(=O)(=O)c2ccccc2)C(=O)NCc2cccc(OC)c2OC)c1. The molecule has 2 atom stereocenters. The summed E-state index contributed by atoms with van der Waals surface area (Å²) in [4.78, 5) is 19.7. The highest BCUT2D eigenvalue weighted by Gasteiger charge is 2.53. The second kappa shape index (κ2) is 15.9. The van der Waals surface area contributed by atoms with E-state index in [1.54, 1.807) is 84.9 Å². The summed E-state index contributed by atoms with van der Waals surface area (Å²) in [5.41, 5.74) is 0.0807. The van der Waals surface area contributed by atoms with Crippen LogP contribution in [0, 0.1) is 0 Å². The molecule has 0 radical (unpaired) electrons. The van der Waals surface area contributed by atoms with Crippen molar-refractivity contribution in [2.45, 2.75) is 35.9 Å². The van der Waals surface area contributed by atoms with Crippen molar-refractivity contribution in [1.82, 2.24) is 5.32 Å². The molecular weight excluding hydrogens is 648 g/mol. The maximum Gasteiger partial charge on any atom is 0.252 e. The van der Waals surface area contributed by atoms with Gasteiger partial charge >= 0.3 is 0 Å². The first-order valence-electron chi connectivity index (χ1n) is 15.7. The zero-order chi connectivity index (χ0) is 34.9. The number of carbonyl (C=O) groups excluding carboxylic acids is 1. The summed E-state index contributed by atoms with van der Waals surface area (Å²) in [6.07, 6.45) is -0.722. The van der Waals surface area contributed by atoms with Gasteiger partial charge in [-0.2, -0.15) is 0 Å². The summed E-state index contributed by atoms with van der Waals surface area (Å²) < 4.78 is 56.0. The minimum Gasteiger partial charge on any atom is -0.497 e. The number of nitrogens with one attached hydrogen (secondary N) is 1. The molecule has 0 saturated carbocycles. The number of nitrogens with zero attached hydrogens (tertiary/aromatic N) is 1. The van der Waals surface area contributed by atoms with Gasteiger partial charge in [-0.05, 0) is 60.2 Å². The van der Waals surface area contributed by atoms with Crippen LogP contribution in [0.4, 0.5) is 0 Å². The molecule has 11 nitrogen and oxygen atoms in total. The Balaban J connectivity index is 1.58. The predicted octanol–water partition coefficient (Wildman–Crippen LogP) is 4.91. The number of amides is 1. The van der Waals surface area contributed by atoms with Crippen molar-refractivity contribution in [1.29, 1.82) is 0 Å². The summed E-state index contributed by atoms with van der Waals surface area (Å²) in [6.45, 7) is 0.410. The van der Waals surface area contributed by atoms with Gasteiger partial charge in [-0.15, -0.1) is 0 Å². The Bertz CT molecular complexity index is 1860. The molecule has 258 valence electrons. The molecule has 1 heterocycles. The minimum atomic E-state index is -3.82. The van der Waals surface area contributed by atoms with Crippen molar-refractivity contribution in [3.8, 4) is 23.0 Å². The molecule has 1 amide bonds. The molecule has 0 aromatic heterocycles. The van der Waals surface area contributed by atoms with E-state index in [-0.39, 0.29) is 36.1 Å². The van der Waals surface area contributed by atoms with Crippen molar-refractivity contribution in [2.24, 2.45) is 4.99 Å². The number of hydrogen-bond acceptors (Lipinski definition) is 10. The van der Waals surface area contributed by atoms with Crippen LogP contribution in [0.2, 0.25) is 0 Å². The number of para-hydroxylation sites is 1. The fourth-order valence-corrected chi connectivity index (χ4v) is 7.02. The topological polar surface area (TPSA) is 142 Å². The van der Waals surface area contributed by atoms with E-state index in [0.29, 0.717) is 52.7 Å². The lowest BCUT2D eigenvalue weighted by Gasteiger charge is -2.31. The van der Waals surface area contributed by atoms with Crippen molar-refractivity contribution < 1.29 is 42.0 Å². The van der Waals surface area contributed by atoms with Gasteiger partial charge in [-0.1, -0.05) is 42.5 Å². The average molecular weight is 689 g/mol. The van der Waals surface area contributed by atoms with E-state index in [0.717, 1.165) is 0 Å². The second-order valence-electron chi connectivity index (χ2n) is 11.3. The molecule has 0 aliphatic carbocycles. The number of sulfone groups is 1. The molecule has 4 aromatic rings. The normalized spacial score (nSPS) is 17.1. The molecule has 0 spiro atoms. The first kappa shape index (κ1) is 35.2. The highest BCUT2D eigenvalue weighted by atomic mass is 32.2. The largest absolute Gasteiger partial charge is 0.497 e. The Kier molecular flexibility index (Phi) is 11.4. The Hall–Kier alpha value is -5.07. The third-order valence-corrected chi connectivity index (χ3v) is 9.94. The van der Waals surface area contributed by atoms with E-state index >= 15 is 0 Å². The van der Waals surface area contributed by atoms with Crippen LogP contribution in [0.1, 0.15) is 35.6 Å². The summed E-state index contributed by atoms with van der Waals surface area (Å²) >= 11 is 0. The maximum absolute atomic E-state index is 14.6. The van der Waals surface area contributed by atoms with Gasteiger partial charge in [0.2, 0.25) is 5.90 Å². The lowest BCUT2D eigenvalue weighted by atomic mass is 9.85. The van der Waals surface area contributed by atoms with E-state index in [4.69, 9.17) is 33.8 Å². The van der Waals surface area contributed by atoms with Crippen molar-refractivity contribution in [2.75, 3.05) is 40.3 Å². The minimum absolute atomic E-state index is 0.0170. The number of hydrogen-bond donors (Lipinski definition) is 2. The average Bonchev–Trinajstić information content (AvgIpc) is 3.54. The standard InChI is InChI=1S/C37H40N2O9S/c1-44-30-12-7-10-27(24-30)34-37(20-23-49(42,43)31-13-5-4-6-14-31,36(41)38-25-28-11-8-15-32(45-2)33(28)46-3)39-35(48-34)26-16-18-29(19-17-26)47-22-9-21-40/h4-8,10-19,24,34,40H,9,20-23,25H2,1-3H3,(H,38,41)/t34-,37-/m1/s1. The number of carbonyl (C=O) groups is 1. The van der Waals surface area contributed by atoms with Crippen LogP contribution in [0.5, 0.6) is 23.0 Å². The summed E-state index contributed by atoms with van der Waals surface area (Å²) in [5, 5.41) is 12.1. The molecule has 0 saturated heterocycles. The van der Waals surface area contributed by atoms with Crippen LogP contribution in [-0.4, -0.2) is 71.2 Å². The van der Waals surface area contributed by atoms with Gasteiger partial charge in [0.1, 0.15) is 11.5 Å². The summed E-state index contributed by atoms with van der Waals surface area (Å²) in [6, 6.07) is 27.5. The smallest absolute Gasteiger partial charge is 0.252 e. The monoisotopic (exact) mass is 688 g/mol. The van der Waals surface area contributed by atoms with Crippen LogP contribution in [0.25, 0.3) is 0 Å². The number of aliphatic hydroxyl groups is 1. The highest BCUT2D eigenvalue weighted by molar-refractivity contribution is 7.91. The van der Waals surface area contributed by atoms with Crippen LogP contribution in [0.3, 0.4) is 0 Å². The molecule has 1 aliphatic rings. The lowest BCUT2D eigenvalue weighted by Crippen LogP contribution is -2.49. The van der Waals surface area contributed by atoms with E-state index in [1.165, 1.54) is 33.5 Å². The maximum atomic E-state index is 14.6. The molecular formula is C37H40N2O9S. The summed E-state index contributed by atoms with van der Waals surface area (Å²) in [7, 11) is 0.757. The molecule has 12 heteroatoms. The quantitative estimate of drug-likeness (QED) is 0.157. The van der Waals surface area contributed by atoms with E-state index in [9.17, 15) is 13.2 Å². The number of benzene rings is 4. The van der Waals surface area contributed by atoms with Gasteiger partial charge in [0.25, 0.3) is 5.91 Å². The van der Waals surface area contributed by atoms with Crippen LogP contribution >= 0.6 is 0 Å². The molecule has 1 aliphatic heterocycles. The highest BCUT2D eigenvalue weighted by Crippen LogP contribution is 2.44. The lowest BCUT2D eigenvalue weighted by molar-refractivity contribution is -0.129. The van der Waals surface area contributed by atoms with Crippen LogP contribution < -0.4 is 24.3 Å². The molecule has 0 fully saturated rings. The number of aliphatic imine (C=N–C) groups is 1. The van der Waals surface area contributed by atoms with Gasteiger partial charge in [-0.25, -0.2) is 13.4 Å². The molecule has 0 unspecified atom stereocenters. The zero-order valence-electron chi connectivity index (χ0n) is 27.6. The Labute approximate surface area is 286 Å².